The molecule has 0 aromatic heterocycles. The molecule has 0 bridgehead atoms. The Morgan fingerprint density at radius 3 is 2.69 bits per heavy atom. The van der Waals surface area contributed by atoms with E-state index in [4.69, 9.17) is 4.74 Å². The lowest BCUT2D eigenvalue weighted by Gasteiger charge is -2.23. The second kappa shape index (κ2) is 14.9. The fourth-order valence-electron chi connectivity index (χ4n) is 4.29. The maximum atomic E-state index is 11.2. The van der Waals surface area contributed by atoms with Gasteiger partial charge in [0.25, 0.3) is 0 Å². The molecule has 2 rings (SSSR count). The molecule has 0 aliphatic heterocycles. The standard InChI is InChI=1S/C27H40O5/c1-3-4-8-13-21(28)18-19-23-24(16-11-5-6-12-17-27(30)31-2)26(20-25(23)29)32-22-14-9-7-10-15-22/h5,7,9-11,14-15,18-19,21,23-26,28-29H,3-4,6,8,12-13,16-17,20H2,1-2H3/t21?,23-,24-,25-,26-/m1/s1. The van der Waals surface area contributed by atoms with Crippen LogP contribution in [-0.2, 0) is 9.53 Å². The average molecular weight is 445 g/mol. The van der Waals surface area contributed by atoms with E-state index in [1.165, 1.54) is 7.11 Å². The normalized spacial score (nSPS) is 24.2. The van der Waals surface area contributed by atoms with Crippen LogP contribution in [0.2, 0.25) is 0 Å². The van der Waals surface area contributed by atoms with Crippen molar-refractivity contribution in [1.82, 2.24) is 0 Å². The van der Waals surface area contributed by atoms with Crippen LogP contribution in [0.25, 0.3) is 0 Å². The summed E-state index contributed by atoms with van der Waals surface area (Å²) in [6, 6.07) is 9.72. The van der Waals surface area contributed by atoms with Crippen molar-refractivity contribution in [2.75, 3.05) is 7.11 Å². The van der Waals surface area contributed by atoms with E-state index in [0.717, 1.165) is 50.7 Å². The molecule has 1 aliphatic carbocycles. The highest BCUT2D eigenvalue weighted by Gasteiger charge is 2.42. The summed E-state index contributed by atoms with van der Waals surface area (Å²) in [5.41, 5.74) is 0. The first-order valence-electron chi connectivity index (χ1n) is 12.0. The maximum absolute atomic E-state index is 11.2. The van der Waals surface area contributed by atoms with Gasteiger partial charge in [0.1, 0.15) is 11.9 Å². The third-order valence-corrected chi connectivity index (χ3v) is 6.13. The smallest absolute Gasteiger partial charge is 0.305 e. The molecular formula is C27H40O5. The number of unbranched alkanes of at least 4 members (excludes halogenated alkanes) is 3. The highest BCUT2D eigenvalue weighted by atomic mass is 16.5. The lowest BCUT2D eigenvalue weighted by atomic mass is 9.89. The van der Waals surface area contributed by atoms with Gasteiger partial charge in [-0.25, -0.2) is 0 Å². The van der Waals surface area contributed by atoms with E-state index in [-0.39, 0.29) is 23.9 Å². The molecule has 2 N–H and O–H groups in total. The maximum Gasteiger partial charge on any atom is 0.305 e. The summed E-state index contributed by atoms with van der Waals surface area (Å²) in [5.74, 6) is 0.669. The summed E-state index contributed by atoms with van der Waals surface area (Å²) < 4.78 is 10.9. The first kappa shape index (κ1) is 26.1. The van der Waals surface area contributed by atoms with Gasteiger partial charge in [0, 0.05) is 24.7 Å². The minimum absolute atomic E-state index is 0.0655. The lowest BCUT2D eigenvalue weighted by Crippen LogP contribution is -2.24. The van der Waals surface area contributed by atoms with Crippen LogP contribution in [0.1, 0.15) is 64.7 Å². The quantitative estimate of drug-likeness (QED) is 0.234. The summed E-state index contributed by atoms with van der Waals surface area (Å²) in [5, 5.41) is 21.1. The Morgan fingerprint density at radius 1 is 1.19 bits per heavy atom. The number of allylic oxidation sites excluding steroid dienone is 2. The molecule has 1 fully saturated rings. The topological polar surface area (TPSA) is 76.0 Å². The Labute approximate surface area is 193 Å². The van der Waals surface area contributed by atoms with E-state index in [2.05, 4.69) is 23.8 Å². The van der Waals surface area contributed by atoms with Gasteiger partial charge in [-0.05, 0) is 37.8 Å². The molecule has 5 atom stereocenters. The van der Waals surface area contributed by atoms with Crippen LogP contribution in [-0.4, -0.2) is 41.6 Å². The molecular weight excluding hydrogens is 404 g/mol. The number of hydrogen-bond acceptors (Lipinski definition) is 5. The monoisotopic (exact) mass is 444 g/mol. The summed E-state index contributed by atoms with van der Waals surface area (Å²) in [6.07, 6.45) is 14.3. The van der Waals surface area contributed by atoms with Gasteiger partial charge in [0.15, 0.2) is 0 Å². The molecule has 178 valence electrons. The number of esters is 1. The summed E-state index contributed by atoms with van der Waals surface area (Å²) in [7, 11) is 1.41. The van der Waals surface area contributed by atoms with E-state index in [9.17, 15) is 15.0 Å². The number of rotatable bonds is 14. The van der Waals surface area contributed by atoms with Gasteiger partial charge >= 0.3 is 5.97 Å². The zero-order chi connectivity index (χ0) is 23.2. The Kier molecular flexibility index (Phi) is 12.1. The highest BCUT2D eigenvalue weighted by molar-refractivity contribution is 5.69. The largest absolute Gasteiger partial charge is 0.490 e. The highest BCUT2D eigenvalue weighted by Crippen LogP contribution is 2.38. The zero-order valence-electron chi connectivity index (χ0n) is 19.6. The van der Waals surface area contributed by atoms with Crippen LogP contribution in [0.3, 0.4) is 0 Å². The third kappa shape index (κ3) is 9.17. The molecule has 0 radical (unpaired) electrons. The molecule has 5 heteroatoms. The van der Waals surface area contributed by atoms with Crippen LogP contribution in [0.4, 0.5) is 0 Å². The van der Waals surface area contributed by atoms with Crippen molar-refractivity contribution in [2.24, 2.45) is 11.8 Å². The molecule has 1 aliphatic rings. The summed E-state index contributed by atoms with van der Waals surface area (Å²) >= 11 is 0. The van der Waals surface area contributed by atoms with Crippen molar-refractivity contribution in [3.8, 4) is 5.75 Å². The van der Waals surface area contributed by atoms with E-state index in [1.807, 2.05) is 42.5 Å². The zero-order valence-corrected chi connectivity index (χ0v) is 19.6. The van der Waals surface area contributed by atoms with Gasteiger partial charge in [-0.2, -0.15) is 0 Å². The number of aliphatic hydroxyl groups is 2. The molecule has 1 aromatic rings. The van der Waals surface area contributed by atoms with Gasteiger partial charge in [-0.15, -0.1) is 0 Å². The van der Waals surface area contributed by atoms with E-state index in [1.54, 1.807) is 0 Å². The molecule has 0 saturated heterocycles. The Bertz CT molecular complexity index is 699. The number of benzene rings is 1. The van der Waals surface area contributed by atoms with Crippen molar-refractivity contribution in [1.29, 1.82) is 0 Å². The average Bonchev–Trinajstić information content (AvgIpc) is 3.09. The van der Waals surface area contributed by atoms with Crippen molar-refractivity contribution in [2.45, 2.75) is 83.0 Å². The molecule has 5 nitrogen and oxygen atoms in total. The van der Waals surface area contributed by atoms with Crippen molar-refractivity contribution in [3.05, 3.63) is 54.6 Å². The molecule has 1 aromatic carbocycles. The van der Waals surface area contributed by atoms with Gasteiger partial charge < -0.3 is 19.7 Å². The van der Waals surface area contributed by atoms with Crippen molar-refractivity contribution >= 4 is 5.97 Å². The number of para-hydroxylation sites is 1. The van der Waals surface area contributed by atoms with Crippen LogP contribution < -0.4 is 4.74 Å². The van der Waals surface area contributed by atoms with Crippen molar-refractivity contribution < 1.29 is 24.5 Å². The fraction of sp³-hybridized carbons (Fsp3) is 0.593. The van der Waals surface area contributed by atoms with Gasteiger partial charge in [-0.3, -0.25) is 4.79 Å². The van der Waals surface area contributed by atoms with Crippen LogP contribution in [0.15, 0.2) is 54.6 Å². The fourth-order valence-corrected chi connectivity index (χ4v) is 4.29. The van der Waals surface area contributed by atoms with Gasteiger partial charge in [0.05, 0.1) is 19.3 Å². The summed E-state index contributed by atoms with van der Waals surface area (Å²) in [6.45, 7) is 2.15. The number of methoxy groups -OCH3 is 1. The number of ether oxygens (including phenoxy) is 2. The SMILES string of the molecule is CCCCCC(O)C=C[C@@H]1[C@@H](CC=CCCCC(=O)OC)[C@H](Oc2ccccc2)C[C@H]1O. The second-order valence-electron chi connectivity index (χ2n) is 8.64. The lowest BCUT2D eigenvalue weighted by molar-refractivity contribution is -0.140. The minimum atomic E-state index is -0.500. The number of aliphatic hydroxyl groups excluding tert-OH is 2. The predicted octanol–water partition coefficient (Wildman–Crippen LogP) is 5.22. The molecule has 1 unspecified atom stereocenters. The first-order valence-corrected chi connectivity index (χ1v) is 12.0. The number of hydrogen-bond donors (Lipinski definition) is 2. The molecule has 1 saturated carbocycles. The van der Waals surface area contributed by atoms with E-state index in [0.29, 0.717) is 12.8 Å². The van der Waals surface area contributed by atoms with Crippen LogP contribution in [0, 0.1) is 11.8 Å². The van der Waals surface area contributed by atoms with Crippen LogP contribution in [0.5, 0.6) is 5.75 Å². The van der Waals surface area contributed by atoms with Crippen molar-refractivity contribution in [3.63, 3.8) is 0 Å². The number of carbonyl (C=O) groups excluding carboxylic acids is 1. The third-order valence-electron chi connectivity index (χ3n) is 6.13. The Balaban J connectivity index is 2.00. The molecule has 0 amide bonds. The van der Waals surface area contributed by atoms with Crippen LogP contribution >= 0.6 is 0 Å². The van der Waals surface area contributed by atoms with E-state index < -0.39 is 12.2 Å². The van der Waals surface area contributed by atoms with Gasteiger partial charge in [0.2, 0.25) is 0 Å². The predicted molar refractivity (Wildman–Crippen MR) is 127 cm³/mol. The second-order valence-corrected chi connectivity index (χ2v) is 8.64. The number of carbonyl (C=O) groups is 1. The van der Waals surface area contributed by atoms with Gasteiger partial charge in [-0.1, -0.05) is 68.7 Å². The first-order chi connectivity index (χ1) is 15.5. The Morgan fingerprint density at radius 2 is 1.97 bits per heavy atom. The van der Waals surface area contributed by atoms with E-state index >= 15 is 0 Å². The minimum Gasteiger partial charge on any atom is -0.490 e. The Hall–Kier alpha value is -2.11. The summed E-state index contributed by atoms with van der Waals surface area (Å²) in [4.78, 5) is 11.2. The molecule has 0 heterocycles. The molecule has 32 heavy (non-hydrogen) atoms. The molecule has 0 spiro atoms.